The van der Waals surface area contributed by atoms with Gasteiger partial charge in [-0.1, -0.05) is 11.2 Å². The van der Waals surface area contributed by atoms with E-state index in [0.717, 1.165) is 4.90 Å². The Morgan fingerprint density at radius 2 is 1.84 bits per heavy atom. The Hall–Kier alpha value is -4.03. The van der Waals surface area contributed by atoms with Crippen LogP contribution in [-0.4, -0.2) is 80.6 Å². The summed E-state index contributed by atoms with van der Waals surface area (Å²) < 4.78 is 43.6. The number of hydrogen-bond donors (Lipinski definition) is 1. The number of carbonyl (C=O) groups excluding carboxylic acids is 2. The molecule has 2 atom stereocenters. The van der Waals surface area contributed by atoms with Gasteiger partial charge >= 0.3 is 6.18 Å². The van der Waals surface area contributed by atoms with Crippen molar-refractivity contribution >= 4 is 17.8 Å². The highest BCUT2D eigenvalue weighted by Crippen LogP contribution is 2.34. The molecular formula is C24H24F3N7O3. The molecule has 2 saturated heterocycles. The Labute approximate surface area is 209 Å². The van der Waals surface area contributed by atoms with Gasteiger partial charge in [0, 0.05) is 38.9 Å². The van der Waals surface area contributed by atoms with Gasteiger partial charge in [0.2, 0.25) is 17.8 Å². The number of aromatic nitrogens is 4. The van der Waals surface area contributed by atoms with Crippen molar-refractivity contribution in [1.29, 1.82) is 0 Å². The Kier molecular flexibility index (Phi) is 6.30. The predicted octanol–water partition coefficient (Wildman–Crippen LogP) is 2.96. The fourth-order valence-electron chi connectivity index (χ4n) is 4.35. The van der Waals surface area contributed by atoms with Gasteiger partial charge in [0.25, 0.3) is 0 Å². The summed E-state index contributed by atoms with van der Waals surface area (Å²) in [7, 11) is 1.75. The first-order valence-electron chi connectivity index (χ1n) is 11.7. The molecule has 10 nitrogen and oxygen atoms in total. The lowest BCUT2D eigenvalue weighted by Crippen LogP contribution is -2.58. The van der Waals surface area contributed by atoms with Gasteiger partial charge in [0.05, 0.1) is 23.0 Å². The van der Waals surface area contributed by atoms with E-state index in [1.54, 1.807) is 49.2 Å². The zero-order chi connectivity index (χ0) is 26.3. The maximum atomic E-state index is 12.7. The SMILES string of the molecule is C[C@H](Nc1nccc(-c2cccc(-c3cc([C@@H]4CCN(C)C4=O)on3)n2)n1)C(=O)N1CC(C(F)(F)F)C1. The number of hydrogen-bond acceptors (Lipinski definition) is 8. The summed E-state index contributed by atoms with van der Waals surface area (Å²) in [6.07, 6.45) is -2.14. The van der Waals surface area contributed by atoms with Crippen LogP contribution in [0.4, 0.5) is 19.1 Å². The van der Waals surface area contributed by atoms with Crippen LogP contribution in [0.15, 0.2) is 41.1 Å². The van der Waals surface area contributed by atoms with Gasteiger partial charge in [-0.3, -0.25) is 9.59 Å². The van der Waals surface area contributed by atoms with Gasteiger partial charge in [-0.2, -0.15) is 13.2 Å². The fourth-order valence-corrected chi connectivity index (χ4v) is 4.35. The second kappa shape index (κ2) is 9.45. The highest BCUT2D eigenvalue weighted by atomic mass is 19.4. The largest absolute Gasteiger partial charge is 0.395 e. The van der Waals surface area contributed by atoms with E-state index < -0.39 is 24.0 Å². The quantitative estimate of drug-likeness (QED) is 0.533. The summed E-state index contributed by atoms with van der Waals surface area (Å²) in [5, 5.41) is 6.94. The molecule has 0 saturated carbocycles. The first-order valence-corrected chi connectivity index (χ1v) is 11.7. The molecule has 2 fully saturated rings. The Morgan fingerprint density at radius 3 is 2.51 bits per heavy atom. The molecule has 0 aliphatic carbocycles. The Balaban J connectivity index is 1.27. The van der Waals surface area contributed by atoms with Gasteiger partial charge in [0.1, 0.15) is 23.4 Å². The van der Waals surface area contributed by atoms with Crippen LogP contribution in [0.2, 0.25) is 0 Å². The van der Waals surface area contributed by atoms with Crippen molar-refractivity contribution < 1.29 is 27.3 Å². The van der Waals surface area contributed by atoms with E-state index in [1.807, 2.05) is 0 Å². The second-order valence-electron chi connectivity index (χ2n) is 9.24. The molecule has 194 valence electrons. The van der Waals surface area contributed by atoms with Gasteiger partial charge in [0.15, 0.2) is 0 Å². The van der Waals surface area contributed by atoms with Crippen molar-refractivity contribution in [3.8, 4) is 22.8 Å². The average molecular weight is 515 g/mol. The van der Waals surface area contributed by atoms with E-state index in [-0.39, 0.29) is 30.9 Å². The molecule has 2 aliphatic rings. The number of anilines is 1. The number of pyridine rings is 1. The number of likely N-dealkylation sites (tertiary alicyclic amines) is 2. The summed E-state index contributed by atoms with van der Waals surface area (Å²) in [6.45, 7) is 1.52. The minimum Gasteiger partial charge on any atom is -0.360 e. The van der Waals surface area contributed by atoms with Crippen molar-refractivity contribution in [2.75, 3.05) is 32.0 Å². The monoisotopic (exact) mass is 515 g/mol. The molecule has 0 unspecified atom stereocenters. The summed E-state index contributed by atoms with van der Waals surface area (Å²) in [5.74, 6) is -1.66. The summed E-state index contributed by atoms with van der Waals surface area (Å²) >= 11 is 0. The van der Waals surface area contributed by atoms with Crippen molar-refractivity contribution in [3.63, 3.8) is 0 Å². The minimum absolute atomic E-state index is 0.00703. The van der Waals surface area contributed by atoms with Crippen LogP contribution < -0.4 is 5.32 Å². The lowest BCUT2D eigenvalue weighted by atomic mass is 9.98. The third-order valence-corrected chi connectivity index (χ3v) is 6.60. The van der Waals surface area contributed by atoms with E-state index in [1.165, 1.54) is 6.20 Å². The molecule has 13 heteroatoms. The van der Waals surface area contributed by atoms with Crippen LogP contribution >= 0.6 is 0 Å². The standard InChI is InChI=1S/C24H24F3N7O3/c1-13(21(35)34-11-14(12-34)24(25,26)27)29-23-28-8-6-18(31-23)16-4-3-5-17(30-16)19-10-20(37-32-19)15-7-9-33(2)22(15)36/h3-6,8,10,13-15H,7,9,11-12H2,1-2H3,(H,28,29,31)/t13-,15-/m0/s1. The van der Waals surface area contributed by atoms with Gasteiger partial charge in [-0.25, -0.2) is 15.0 Å². The highest BCUT2D eigenvalue weighted by Gasteiger charge is 2.49. The molecule has 2 amide bonds. The number of nitrogens with one attached hydrogen (secondary N) is 1. The molecule has 37 heavy (non-hydrogen) atoms. The van der Waals surface area contributed by atoms with E-state index in [2.05, 4.69) is 25.4 Å². The molecule has 0 spiro atoms. The summed E-state index contributed by atoms with van der Waals surface area (Å²) in [5.41, 5.74) is 1.99. The maximum absolute atomic E-state index is 12.7. The molecule has 1 N–H and O–H groups in total. The smallest absolute Gasteiger partial charge is 0.360 e. The van der Waals surface area contributed by atoms with Crippen molar-refractivity contribution in [2.45, 2.75) is 31.5 Å². The lowest BCUT2D eigenvalue weighted by molar-refractivity contribution is -0.209. The van der Waals surface area contributed by atoms with Crippen molar-refractivity contribution in [3.05, 3.63) is 42.3 Å². The summed E-state index contributed by atoms with van der Waals surface area (Å²) in [6, 6.07) is 7.84. The van der Waals surface area contributed by atoms with Crippen LogP contribution in [0.3, 0.4) is 0 Å². The third kappa shape index (κ3) is 4.98. The number of halogens is 3. The highest BCUT2D eigenvalue weighted by molar-refractivity contribution is 5.85. The number of rotatable bonds is 6. The van der Waals surface area contributed by atoms with Gasteiger partial charge in [-0.15, -0.1) is 0 Å². The molecule has 5 rings (SSSR count). The van der Waals surface area contributed by atoms with Gasteiger partial charge < -0.3 is 19.6 Å². The average Bonchev–Trinajstić information content (AvgIpc) is 3.44. The minimum atomic E-state index is -4.30. The summed E-state index contributed by atoms with van der Waals surface area (Å²) in [4.78, 5) is 40.7. The zero-order valence-corrected chi connectivity index (χ0v) is 20.1. The molecule has 5 heterocycles. The van der Waals surface area contributed by atoms with Crippen LogP contribution in [0.5, 0.6) is 0 Å². The topological polar surface area (TPSA) is 117 Å². The normalized spacial score (nSPS) is 19.2. The van der Waals surface area contributed by atoms with Crippen LogP contribution in [-0.2, 0) is 9.59 Å². The number of carbonyl (C=O) groups is 2. The molecule has 3 aromatic heterocycles. The molecule has 0 radical (unpaired) electrons. The number of amides is 2. The number of nitrogens with zero attached hydrogens (tertiary/aromatic N) is 6. The molecule has 0 aromatic carbocycles. The predicted molar refractivity (Wildman–Crippen MR) is 125 cm³/mol. The third-order valence-electron chi connectivity index (χ3n) is 6.60. The molecule has 3 aromatic rings. The zero-order valence-electron chi connectivity index (χ0n) is 20.1. The van der Waals surface area contributed by atoms with Crippen molar-refractivity contribution in [2.24, 2.45) is 5.92 Å². The van der Waals surface area contributed by atoms with E-state index in [0.29, 0.717) is 41.5 Å². The van der Waals surface area contributed by atoms with Crippen LogP contribution in [0, 0.1) is 5.92 Å². The fraction of sp³-hybridized carbons (Fsp3) is 0.417. The first-order chi connectivity index (χ1) is 17.6. The van der Waals surface area contributed by atoms with E-state index in [4.69, 9.17) is 4.52 Å². The van der Waals surface area contributed by atoms with E-state index in [9.17, 15) is 22.8 Å². The van der Waals surface area contributed by atoms with E-state index >= 15 is 0 Å². The van der Waals surface area contributed by atoms with Crippen LogP contribution in [0.1, 0.15) is 25.0 Å². The van der Waals surface area contributed by atoms with Gasteiger partial charge in [-0.05, 0) is 31.5 Å². The molecule has 0 bridgehead atoms. The molecular weight excluding hydrogens is 491 g/mol. The number of likely N-dealkylation sites (N-methyl/N-ethyl adjacent to an activating group) is 1. The first kappa shape index (κ1) is 24.7. The van der Waals surface area contributed by atoms with Crippen LogP contribution in [0.25, 0.3) is 22.8 Å². The second-order valence-corrected chi connectivity index (χ2v) is 9.24. The Bertz CT molecular complexity index is 1320. The maximum Gasteiger partial charge on any atom is 0.395 e. The lowest BCUT2D eigenvalue weighted by Gasteiger charge is -2.41. The Morgan fingerprint density at radius 1 is 1.14 bits per heavy atom. The number of alkyl halides is 3. The molecule has 2 aliphatic heterocycles. The van der Waals surface area contributed by atoms with Crippen molar-refractivity contribution in [1.82, 2.24) is 29.9 Å².